The molecule has 3 aromatic carbocycles. The minimum atomic E-state index is -0.568. The fourth-order valence-electron chi connectivity index (χ4n) is 3.73. The van der Waals surface area contributed by atoms with Gasteiger partial charge in [-0.15, -0.1) is 0 Å². The molecule has 10 nitrogen and oxygen atoms in total. The third-order valence-electron chi connectivity index (χ3n) is 5.54. The van der Waals surface area contributed by atoms with Crippen LogP contribution in [-0.4, -0.2) is 54.7 Å². The molecule has 4 rings (SSSR count). The summed E-state index contributed by atoms with van der Waals surface area (Å²) in [5.74, 6) is -0.231. The van der Waals surface area contributed by atoms with Crippen LogP contribution in [0.1, 0.15) is 12.5 Å². The van der Waals surface area contributed by atoms with Gasteiger partial charge in [0.05, 0.1) is 24.3 Å². The number of carbonyl (C=O) groups excluding carboxylic acids is 4. The van der Waals surface area contributed by atoms with E-state index in [2.05, 4.69) is 10.6 Å². The van der Waals surface area contributed by atoms with Gasteiger partial charge in [0, 0.05) is 5.69 Å². The molecule has 2 N–H and O–H groups in total. The predicted octanol–water partition coefficient (Wildman–Crippen LogP) is 4.79. The van der Waals surface area contributed by atoms with E-state index < -0.39 is 23.6 Å². The molecule has 1 aliphatic heterocycles. The second-order valence-electron chi connectivity index (χ2n) is 8.36. The Morgan fingerprint density at radius 1 is 0.875 bits per heavy atom. The van der Waals surface area contributed by atoms with Gasteiger partial charge in [0.2, 0.25) is 5.91 Å². The van der Waals surface area contributed by atoms with Crippen LogP contribution in [0.2, 0.25) is 0 Å². The predicted molar refractivity (Wildman–Crippen MR) is 152 cm³/mol. The third kappa shape index (κ3) is 7.20. The Morgan fingerprint density at radius 2 is 1.62 bits per heavy atom. The summed E-state index contributed by atoms with van der Waals surface area (Å²) in [4.78, 5) is 51.2. The number of carbonyl (C=O) groups is 4. The number of nitrogens with zero attached hydrogens (tertiary/aromatic N) is 1. The van der Waals surface area contributed by atoms with Gasteiger partial charge in [0.15, 0.2) is 18.1 Å². The molecule has 0 saturated carbocycles. The molecule has 0 atom stereocenters. The molecule has 4 amide bonds. The molecule has 0 bridgehead atoms. The SMILES string of the molecule is CCOc1ccccc1NC(=O)COc1ccc(/C=C2/SC(=O)N(CC(=O)Nc3ccccc3)C2=O)cc1OC. The normalized spacial score (nSPS) is 13.8. The lowest BCUT2D eigenvalue weighted by molar-refractivity contribution is -0.127. The molecule has 0 spiro atoms. The maximum Gasteiger partial charge on any atom is 0.294 e. The van der Waals surface area contributed by atoms with Crippen molar-refractivity contribution in [3.63, 3.8) is 0 Å². The van der Waals surface area contributed by atoms with Crippen molar-refractivity contribution in [3.05, 3.63) is 83.3 Å². The van der Waals surface area contributed by atoms with Crippen LogP contribution in [0, 0.1) is 0 Å². The minimum absolute atomic E-state index is 0.167. The number of nitrogens with one attached hydrogen (secondary N) is 2. The van der Waals surface area contributed by atoms with E-state index in [4.69, 9.17) is 14.2 Å². The van der Waals surface area contributed by atoms with E-state index in [0.29, 0.717) is 40.8 Å². The van der Waals surface area contributed by atoms with Gasteiger partial charge in [-0.25, -0.2) is 0 Å². The second kappa shape index (κ2) is 13.3. The molecule has 0 unspecified atom stereocenters. The molecule has 1 saturated heterocycles. The van der Waals surface area contributed by atoms with Gasteiger partial charge >= 0.3 is 0 Å². The summed E-state index contributed by atoms with van der Waals surface area (Å²) in [5, 5.41) is 4.88. The highest BCUT2D eigenvalue weighted by atomic mass is 32.2. The zero-order valence-corrected chi connectivity index (χ0v) is 22.7. The first-order chi connectivity index (χ1) is 19.4. The van der Waals surface area contributed by atoms with Crippen LogP contribution >= 0.6 is 11.8 Å². The van der Waals surface area contributed by atoms with Gasteiger partial charge in [-0.2, -0.15) is 0 Å². The van der Waals surface area contributed by atoms with E-state index in [1.807, 2.05) is 19.1 Å². The largest absolute Gasteiger partial charge is 0.493 e. The van der Waals surface area contributed by atoms with Crippen LogP contribution < -0.4 is 24.8 Å². The van der Waals surface area contributed by atoms with Crippen LogP contribution in [0.15, 0.2) is 77.7 Å². The number of methoxy groups -OCH3 is 1. The average molecular weight is 562 g/mol. The van der Waals surface area contributed by atoms with E-state index in [1.54, 1.807) is 60.7 Å². The van der Waals surface area contributed by atoms with Crippen molar-refractivity contribution in [2.75, 3.05) is 37.5 Å². The first-order valence-corrected chi connectivity index (χ1v) is 13.1. The molecule has 11 heteroatoms. The highest BCUT2D eigenvalue weighted by molar-refractivity contribution is 8.18. The maximum atomic E-state index is 12.8. The lowest BCUT2D eigenvalue weighted by Crippen LogP contribution is -2.36. The lowest BCUT2D eigenvalue weighted by Gasteiger charge is -2.13. The van der Waals surface area contributed by atoms with Crippen molar-refractivity contribution in [1.82, 2.24) is 4.90 Å². The smallest absolute Gasteiger partial charge is 0.294 e. The fourth-order valence-corrected chi connectivity index (χ4v) is 4.57. The van der Waals surface area contributed by atoms with E-state index in [1.165, 1.54) is 13.2 Å². The van der Waals surface area contributed by atoms with E-state index in [0.717, 1.165) is 16.7 Å². The van der Waals surface area contributed by atoms with Crippen LogP contribution in [0.4, 0.5) is 16.2 Å². The Labute approximate surface area is 235 Å². The van der Waals surface area contributed by atoms with Crippen LogP contribution in [0.3, 0.4) is 0 Å². The van der Waals surface area contributed by atoms with Crippen molar-refractivity contribution in [1.29, 1.82) is 0 Å². The molecule has 206 valence electrons. The Kier molecular flexibility index (Phi) is 9.42. The summed E-state index contributed by atoms with van der Waals surface area (Å²) in [6, 6.07) is 20.7. The summed E-state index contributed by atoms with van der Waals surface area (Å²) in [5.41, 5.74) is 1.67. The van der Waals surface area contributed by atoms with E-state index in [-0.39, 0.29) is 17.4 Å². The summed E-state index contributed by atoms with van der Waals surface area (Å²) in [6.45, 7) is 1.64. The lowest BCUT2D eigenvalue weighted by atomic mass is 10.2. The maximum absolute atomic E-state index is 12.8. The number of hydrogen-bond acceptors (Lipinski definition) is 8. The molecule has 0 radical (unpaired) electrons. The van der Waals surface area contributed by atoms with Crippen molar-refractivity contribution in [2.24, 2.45) is 0 Å². The van der Waals surface area contributed by atoms with Crippen molar-refractivity contribution in [3.8, 4) is 17.2 Å². The van der Waals surface area contributed by atoms with Crippen LogP contribution in [0.5, 0.6) is 17.2 Å². The minimum Gasteiger partial charge on any atom is -0.493 e. The van der Waals surface area contributed by atoms with Crippen LogP contribution in [0.25, 0.3) is 6.08 Å². The molecule has 3 aromatic rings. The highest BCUT2D eigenvalue weighted by Gasteiger charge is 2.36. The summed E-state index contributed by atoms with van der Waals surface area (Å²) in [7, 11) is 1.45. The number of benzene rings is 3. The van der Waals surface area contributed by atoms with Gasteiger partial charge in [-0.1, -0.05) is 36.4 Å². The number of hydrogen-bond donors (Lipinski definition) is 2. The Morgan fingerprint density at radius 3 is 2.38 bits per heavy atom. The van der Waals surface area contributed by atoms with Gasteiger partial charge in [0.1, 0.15) is 12.3 Å². The van der Waals surface area contributed by atoms with Gasteiger partial charge in [-0.05, 0) is 66.7 Å². The summed E-state index contributed by atoms with van der Waals surface area (Å²) >= 11 is 0.745. The zero-order valence-electron chi connectivity index (χ0n) is 21.8. The quantitative estimate of drug-likeness (QED) is 0.321. The molecular formula is C29H27N3O7S. The highest BCUT2D eigenvalue weighted by Crippen LogP contribution is 2.34. The van der Waals surface area contributed by atoms with Gasteiger partial charge in [-0.3, -0.25) is 24.1 Å². The van der Waals surface area contributed by atoms with Crippen molar-refractivity contribution >= 4 is 52.2 Å². The number of ether oxygens (including phenoxy) is 3. The Bertz CT molecular complexity index is 1440. The van der Waals surface area contributed by atoms with Crippen LogP contribution in [-0.2, 0) is 14.4 Å². The zero-order chi connectivity index (χ0) is 28.5. The third-order valence-corrected chi connectivity index (χ3v) is 6.45. The molecule has 40 heavy (non-hydrogen) atoms. The molecule has 1 heterocycles. The topological polar surface area (TPSA) is 123 Å². The molecular weight excluding hydrogens is 534 g/mol. The van der Waals surface area contributed by atoms with Gasteiger partial charge in [0.25, 0.3) is 17.1 Å². The van der Waals surface area contributed by atoms with Gasteiger partial charge < -0.3 is 24.8 Å². The standard InChI is InChI=1S/C29H27N3O7S/c1-3-38-22-12-8-7-11-21(22)31-27(34)18-39-23-14-13-19(15-24(23)37-2)16-25-28(35)32(29(36)40-25)17-26(33)30-20-9-5-4-6-10-20/h4-16H,3,17-18H2,1-2H3,(H,30,33)(H,31,34)/b25-16+. The molecule has 1 aliphatic rings. The number of para-hydroxylation sites is 3. The molecule has 0 aromatic heterocycles. The Balaban J connectivity index is 1.38. The molecule has 0 aliphatic carbocycles. The van der Waals surface area contributed by atoms with E-state index >= 15 is 0 Å². The summed E-state index contributed by atoms with van der Waals surface area (Å²) < 4.78 is 16.6. The molecule has 1 fully saturated rings. The fraction of sp³-hybridized carbons (Fsp3) is 0.172. The number of anilines is 2. The van der Waals surface area contributed by atoms with Crippen molar-refractivity contribution < 1.29 is 33.4 Å². The Hall–Kier alpha value is -4.77. The average Bonchev–Trinajstić information content (AvgIpc) is 3.21. The first kappa shape index (κ1) is 28.2. The number of amides is 4. The monoisotopic (exact) mass is 561 g/mol. The number of thioether (sulfide) groups is 1. The second-order valence-corrected chi connectivity index (χ2v) is 9.35. The first-order valence-electron chi connectivity index (χ1n) is 12.3. The van der Waals surface area contributed by atoms with E-state index in [9.17, 15) is 19.2 Å². The summed E-state index contributed by atoms with van der Waals surface area (Å²) in [6.07, 6.45) is 1.53. The number of rotatable bonds is 11. The number of imide groups is 1. The van der Waals surface area contributed by atoms with Crippen molar-refractivity contribution in [2.45, 2.75) is 6.92 Å².